The van der Waals surface area contributed by atoms with Crippen LogP contribution in [0.5, 0.6) is 5.75 Å². The van der Waals surface area contributed by atoms with Crippen molar-refractivity contribution >= 4 is 49.9 Å². The Morgan fingerprint density at radius 2 is 1.66 bits per heavy atom. The van der Waals surface area contributed by atoms with Crippen molar-refractivity contribution in [2.24, 2.45) is 10.1 Å². The second-order valence-corrected chi connectivity index (χ2v) is 10.2. The third kappa shape index (κ3) is 4.53. The van der Waals surface area contributed by atoms with E-state index in [4.69, 9.17) is 9.59 Å². The van der Waals surface area contributed by atoms with E-state index in [2.05, 4.69) is 10.1 Å². The van der Waals surface area contributed by atoms with Crippen molar-refractivity contribution in [2.45, 2.75) is 11.8 Å². The number of fused-ring (bicyclic) bond motifs is 1. The van der Waals surface area contributed by atoms with Gasteiger partial charge in [-0.05, 0) is 43.0 Å². The zero-order valence-corrected chi connectivity index (χ0v) is 20.0. The van der Waals surface area contributed by atoms with E-state index in [0.717, 1.165) is 11.1 Å². The zero-order chi connectivity index (χ0) is 24.6. The molecule has 0 radical (unpaired) electrons. The van der Waals surface area contributed by atoms with E-state index < -0.39 is 16.0 Å². The van der Waals surface area contributed by atoms with Crippen molar-refractivity contribution in [3.8, 4) is 5.75 Å². The highest BCUT2D eigenvalue weighted by Gasteiger charge is 2.36. The van der Waals surface area contributed by atoms with Crippen LogP contribution in [0.1, 0.15) is 16.7 Å². The number of nitrogens with one attached hydrogen (secondary N) is 1. The molecular formula is C25H18N4O4S2. The molecule has 5 rings (SSSR count). The first kappa shape index (κ1) is 22.8. The molecule has 35 heavy (non-hydrogen) atoms. The molecule has 0 unspecified atom stereocenters. The van der Waals surface area contributed by atoms with Gasteiger partial charge in [0, 0.05) is 11.1 Å². The molecule has 1 N–H and O–H groups in total. The van der Waals surface area contributed by atoms with Crippen LogP contribution in [0.15, 0.2) is 99.4 Å². The Balaban J connectivity index is 1.47. The highest BCUT2D eigenvalue weighted by Crippen LogP contribution is 2.32. The number of aliphatic imine (C=N–C) groups is 1. The molecule has 0 saturated carbocycles. The lowest BCUT2D eigenvalue weighted by Gasteiger charge is -2.20. The Labute approximate surface area is 206 Å². The second kappa shape index (κ2) is 8.97. The molecule has 3 aromatic carbocycles. The highest BCUT2D eigenvalue weighted by atomic mass is 32.2. The summed E-state index contributed by atoms with van der Waals surface area (Å²) in [4.78, 5) is 16.9. The number of rotatable bonds is 5. The number of thioether (sulfide) groups is 1. The quantitative estimate of drug-likeness (QED) is 0.408. The van der Waals surface area contributed by atoms with Gasteiger partial charge in [0.25, 0.3) is 5.91 Å². The van der Waals surface area contributed by atoms with Gasteiger partial charge >= 0.3 is 10.1 Å². The van der Waals surface area contributed by atoms with Crippen LogP contribution >= 0.6 is 11.8 Å². The van der Waals surface area contributed by atoms with E-state index >= 15 is 0 Å². The zero-order valence-electron chi connectivity index (χ0n) is 18.4. The van der Waals surface area contributed by atoms with E-state index in [0.29, 0.717) is 15.8 Å². The van der Waals surface area contributed by atoms with Crippen molar-refractivity contribution in [1.82, 2.24) is 5.01 Å². The number of para-hydroxylation sites is 1. The molecule has 0 bridgehead atoms. The minimum absolute atomic E-state index is 0.00486. The number of benzene rings is 3. The molecule has 8 nitrogen and oxygen atoms in total. The average Bonchev–Trinajstić information content (AvgIpc) is 3.28. The fraction of sp³-hybridized carbons (Fsp3) is 0.0400. The molecule has 0 atom stereocenters. The van der Waals surface area contributed by atoms with Crippen LogP contribution in [-0.2, 0) is 14.9 Å². The van der Waals surface area contributed by atoms with Crippen LogP contribution in [-0.4, -0.2) is 35.4 Å². The van der Waals surface area contributed by atoms with Gasteiger partial charge in [-0.25, -0.2) is 0 Å². The standard InChI is InChI=1S/C25H18N4O4S2/c1-16-11-13-17(14-12-16)24-28-29-22(26)20(23(30)27-25(29)34-24)15-18-7-5-6-10-21(18)33-35(31,32)19-8-3-2-4-9-19/h2-15,26H,1H3/b20-15+,26-22?. The number of hydrazone groups is 1. The van der Waals surface area contributed by atoms with E-state index in [9.17, 15) is 13.2 Å². The summed E-state index contributed by atoms with van der Waals surface area (Å²) in [5, 5.41) is 15.3. The predicted molar refractivity (Wildman–Crippen MR) is 136 cm³/mol. The molecule has 2 aliphatic rings. The van der Waals surface area contributed by atoms with Crippen molar-refractivity contribution in [1.29, 1.82) is 5.41 Å². The van der Waals surface area contributed by atoms with Crippen LogP contribution in [0.2, 0.25) is 0 Å². The van der Waals surface area contributed by atoms with Gasteiger partial charge in [-0.1, -0.05) is 66.2 Å². The summed E-state index contributed by atoms with van der Waals surface area (Å²) in [7, 11) is -4.09. The number of amidine groups is 2. The first-order valence-corrected chi connectivity index (χ1v) is 12.7. The predicted octanol–water partition coefficient (Wildman–Crippen LogP) is 4.43. The summed E-state index contributed by atoms with van der Waals surface area (Å²) in [6, 6.07) is 21.9. The van der Waals surface area contributed by atoms with E-state index in [1.165, 1.54) is 41.0 Å². The van der Waals surface area contributed by atoms with E-state index in [1.54, 1.807) is 36.4 Å². The molecule has 3 aromatic rings. The molecule has 0 aromatic heterocycles. The number of amides is 1. The number of aryl methyl sites for hydroxylation is 1. The largest absolute Gasteiger partial charge is 0.378 e. The minimum Gasteiger partial charge on any atom is -0.378 e. The van der Waals surface area contributed by atoms with Crippen LogP contribution in [0.3, 0.4) is 0 Å². The second-order valence-electron chi connectivity index (χ2n) is 7.68. The summed E-state index contributed by atoms with van der Waals surface area (Å²) in [5.41, 5.74) is 2.24. The topological polar surface area (TPSA) is 112 Å². The molecule has 2 aliphatic heterocycles. The van der Waals surface area contributed by atoms with Crippen molar-refractivity contribution < 1.29 is 17.4 Å². The van der Waals surface area contributed by atoms with Gasteiger partial charge in [0.1, 0.15) is 15.7 Å². The summed E-state index contributed by atoms with van der Waals surface area (Å²) in [6.45, 7) is 1.98. The Morgan fingerprint density at radius 3 is 2.40 bits per heavy atom. The van der Waals surface area contributed by atoms with Crippen molar-refractivity contribution in [2.75, 3.05) is 0 Å². The monoisotopic (exact) mass is 502 g/mol. The average molecular weight is 503 g/mol. The van der Waals surface area contributed by atoms with Gasteiger partial charge in [-0.3, -0.25) is 10.2 Å². The van der Waals surface area contributed by atoms with Gasteiger partial charge < -0.3 is 4.18 Å². The van der Waals surface area contributed by atoms with Crippen LogP contribution in [0.25, 0.3) is 6.08 Å². The molecular weight excluding hydrogens is 484 g/mol. The number of nitrogens with zero attached hydrogens (tertiary/aromatic N) is 3. The SMILES string of the molecule is Cc1ccc(C2=NN3C(=N)/C(=C\c4ccccc4OS(=O)(=O)c4ccccc4)C(=O)N=C3S2)cc1. The van der Waals surface area contributed by atoms with Crippen LogP contribution in [0, 0.1) is 12.3 Å². The number of hydrogen-bond donors (Lipinski definition) is 1. The maximum Gasteiger partial charge on any atom is 0.339 e. The fourth-order valence-corrected chi connectivity index (χ4v) is 5.26. The Morgan fingerprint density at radius 1 is 0.971 bits per heavy atom. The Hall–Kier alpha value is -4.02. The lowest BCUT2D eigenvalue weighted by molar-refractivity contribution is -0.114. The third-order valence-electron chi connectivity index (χ3n) is 5.20. The van der Waals surface area contributed by atoms with E-state index in [1.807, 2.05) is 31.2 Å². The summed E-state index contributed by atoms with van der Waals surface area (Å²) < 4.78 is 30.8. The first-order chi connectivity index (χ1) is 16.8. The van der Waals surface area contributed by atoms with Gasteiger partial charge in [0.15, 0.2) is 5.84 Å². The summed E-state index contributed by atoms with van der Waals surface area (Å²) in [5.74, 6) is -0.746. The molecule has 0 spiro atoms. The van der Waals surface area contributed by atoms with Gasteiger partial charge in [0.05, 0.1) is 5.57 Å². The maximum absolute atomic E-state index is 12.8. The molecule has 2 heterocycles. The molecule has 10 heteroatoms. The smallest absolute Gasteiger partial charge is 0.339 e. The Bertz CT molecular complexity index is 1540. The highest BCUT2D eigenvalue weighted by molar-refractivity contribution is 8.27. The van der Waals surface area contributed by atoms with Crippen LogP contribution < -0.4 is 4.18 Å². The van der Waals surface area contributed by atoms with Crippen molar-refractivity contribution in [3.05, 3.63) is 101 Å². The number of carbonyl (C=O) groups is 1. The maximum atomic E-state index is 12.8. The summed E-state index contributed by atoms with van der Waals surface area (Å²) in [6.07, 6.45) is 1.39. The number of hydrogen-bond acceptors (Lipinski definition) is 7. The first-order valence-electron chi connectivity index (χ1n) is 10.5. The fourth-order valence-electron chi connectivity index (χ4n) is 3.39. The normalized spacial score (nSPS) is 16.7. The summed E-state index contributed by atoms with van der Waals surface area (Å²) >= 11 is 1.21. The van der Waals surface area contributed by atoms with Crippen LogP contribution in [0.4, 0.5) is 0 Å². The molecule has 0 aliphatic carbocycles. The third-order valence-corrected chi connectivity index (χ3v) is 7.41. The van der Waals surface area contributed by atoms with Gasteiger partial charge in [-0.15, -0.1) is 0 Å². The molecule has 0 saturated heterocycles. The minimum atomic E-state index is -4.09. The lowest BCUT2D eigenvalue weighted by atomic mass is 10.1. The van der Waals surface area contributed by atoms with Crippen molar-refractivity contribution in [3.63, 3.8) is 0 Å². The number of carbonyl (C=O) groups excluding carboxylic acids is 1. The van der Waals surface area contributed by atoms with E-state index in [-0.39, 0.29) is 22.1 Å². The molecule has 174 valence electrons. The molecule has 0 fully saturated rings. The van der Waals surface area contributed by atoms with Gasteiger partial charge in [0.2, 0.25) is 5.17 Å². The Kier molecular flexibility index (Phi) is 5.83. The molecule has 1 amide bonds. The van der Waals surface area contributed by atoms with Gasteiger partial charge in [-0.2, -0.15) is 23.5 Å². The lowest BCUT2D eigenvalue weighted by Crippen LogP contribution is -2.35.